The van der Waals surface area contributed by atoms with Gasteiger partial charge >= 0.3 is 0 Å². The fourth-order valence-electron chi connectivity index (χ4n) is 2.22. The summed E-state index contributed by atoms with van der Waals surface area (Å²) in [5, 5.41) is 11.1. The first-order chi connectivity index (χ1) is 8.49. The maximum atomic E-state index is 11.1. The summed E-state index contributed by atoms with van der Waals surface area (Å²) >= 11 is 0. The Labute approximate surface area is 106 Å². The highest BCUT2D eigenvalue weighted by atomic mass is 16.6. The summed E-state index contributed by atoms with van der Waals surface area (Å²) in [5.74, 6) is 0. The van der Waals surface area contributed by atoms with Gasteiger partial charge in [0.2, 0.25) is 0 Å². The molecule has 2 rings (SSSR count). The second-order valence-electron chi connectivity index (χ2n) is 4.78. The van der Waals surface area contributed by atoms with E-state index in [0.29, 0.717) is 17.4 Å². The van der Waals surface area contributed by atoms with Crippen LogP contribution in [-0.2, 0) is 0 Å². The van der Waals surface area contributed by atoms with Crippen LogP contribution in [0.2, 0.25) is 0 Å². The van der Waals surface area contributed by atoms with Gasteiger partial charge in [-0.15, -0.1) is 0 Å². The number of anilines is 2. The fourth-order valence-corrected chi connectivity index (χ4v) is 2.22. The van der Waals surface area contributed by atoms with Gasteiger partial charge in [0.25, 0.3) is 5.69 Å². The van der Waals surface area contributed by atoms with Crippen molar-refractivity contribution in [2.24, 2.45) is 0 Å². The lowest BCUT2D eigenvalue weighted by atomic mass is 10.1. The number of nitrogen functional groups attached to an aromatic ring is 1. The van der Waals surface area contributed by atoms with E-state index >= 15 is 0 Å². The van der Waals surface area contributed by atoms with Gasteiger partial charge in [0.15, 0.2) is 0 Å². The standard InChI is InChI=1S/C12H18N4O2/c1-9-8-15(6-5-14(9)2)11-4-3-10(13)7-12(11)16(17)18/h3-4,7,9H,5-6,8,13H2,1-2H3/t9-/m0/s1. The minimum Gasteiger partial charge on any atom is -0.399 e. The number of nitrogens with two attached hydrogens (primary N) is 1. The smallest absolute Gasteiger partial charge is 0.294 e. The van der Waals surface area contributed by atoms with Crippen molar-refractivity contribution in [1.82, 2.24) is 4.90 Å². The number of benzene rings is 1. The molecule has 1 aromatic rings. The van der Waals surface area contributed by atoms with E-state index in [1.54, 1.807) is 12.1 Å². The van der Waals surface area contributed by atoms with Gasteiger partial charge in [-0.2, -0.15) is 0 Å². The van der Waals surface area contributed by atoms with E-state index in [-0.39, 0.29) is 10.6 Å². The predicted octanol–water partition coefficient (Wildman–Crippen LogP) is 1.32. The van der Waals surface area contributed by atoms with Crippen LogP contribution < -0.4 is 10.6 Å². The Morgan fingerprint density at radius 2 is 2.17 bits per heavy atom. The van der Waals surface area contributed by atoms with Crippen molar-refractivity contribution >= 4 is 17.1 Å². The number of nitrogens with zero attached hydrogens (tertiary/aromatic N) is 3. The molecule has 98 valence electrons. The SMILES string of the molecule is C[C@H]1CN(c2ccc(N)cc2[N+](=O)[O-])CCN1C. The summed E-state index contributed by atoms with van der Waals surface area (Å²) in [7, 11) is 2.07. The molecule has 1 aromatic carbocycles. The topological polar surface area (TPSA) is 75.6 Å². The largest absolute Gasteiger partial charge is 0.399 e. The Kier molecular flexibility index (Phi) is 3.38. The number of piperazine rings is 1. The van der Waals surface area contributed by atoms with Crippen molar-refractivity contribution in [3.63, 3.8) is 0 Å². The van der Waals surface area contributed by atoms with Gasteiger partial charge in [0, 0.05) is 37.4 Å². The van der Waals surface area contributed by atoms with Gasteiger partial charge in [0.05, 0.1) is 4.92 Å². The second-order valence-corrected chi connectivity index (χ2v) is 4.78. The molecule has 1 saturated heterocycles. The molecule has 6 heteroatoms. The third-order valence-electron chi connectivity index (χ3n) is 3.50. The molecule has 1 heterocycles. The molecule has 0 bridgehead atoms. The number of nitro groups is 1. The van der Waals surface area contributed by atoms with Crippen LogP contribution >= 0.6 is 0 Å². The molecule has 0 saturated carbocycles. The normalized spacial score (nSPS) is 21.0. The lowest BCUT2D eigenvalue weighted by Crippen LogP contribution is -2.50. The highest BCUT2D eigenvalue weighted by molar-refractivity contribution is 5.68. The highest BCUT2D eigenvalue weighted by Gasteiger charge is 2.26. The van der Waals surface area contributed by atoms with E-state index in [2.05, 4.69) is 23.8 Å². The highest BCUT2D eigenvalue weighted by Crippen LogP contribution is 2.31. The van der Waals surface area contributed by atoms with Crippen LogP contribution in [0.4, 0.5) is 17.1 Å². The molecule has 1 aliphatic heterocycles. The van der Waals surface area contributed by atoms with Gasteiger partial charge < -0.3 is 15.5 Å². The summed E-state index contributed by atoms with van der Waals surface area (Å²) in [4.78, 5) is 15.0. The Bertz CT molecular complexity index is 463. The van der Waals surface area contributed by atoms with E-state index in [4.69, 9.17) is 5.73 Å². The van der Waals surface area contributed by atoms with Crippen molar-refractivity contribution < 1.29 is 4.92 Å². The number of hydrogen-bond donors (Lipinski definition) is 1. The van der Waals surface area contributed by atoms with Crippen molar-refractivity contribution in [2.45, 2.75) is 13.0 Å². The average molecular weight is 250 g/mol. The summed E-state index contributed by atoms with van der Waals surface area (Å²) in [5.41, 5.74) is 6.79. The van der Waals surface area contributed by atoms with Crippen LogP contribution in [-0.4, -0.2) is 42.5 Å². The maximum absolute atomic E-state index is 11.1. The minimum atomic E-state index is -0.366. The van der Waals surface area contributed by atoms with Gasteiger partial charge in [-0.05, 0) is 26.1 Å². The van der Waals surface area contributed by atoms with E-state index in [9.17, 15) is 10.1 Å². The molecule has 1 aliphatic rings. The number of likely N-dealkylation sites (N-methyl/N-ethyl adjacent to an activating group) is 1. The molecule has 0 aliphatic carbocycles. The summed E-state index contributed by atoms with van der Waals surface area (Å²) in [6, 6.07) is 5.27. The van der Waals surface area contributed by atoms with Crippen molar-refractivity contribution in [3.05, 3.63) is 28.3 Å². The number of rotatable bonds is 2. The minimum absolute atomic E-state index is 0.0896. The van der Waals surface area contributed by atoms with Crippen LogP contribution in [0.3, 0.4) is 0 Å². The third-order valence-corrected chi connectivity index (χ3v) is 3.50. The van der Waals surface area contributed by atoms with Gasteiger partial charge in [-0.3, -0.25) is 10.1 Å². The lowest BCUT2D eigenvalue weighted by Gasteiger charge is -2.38. The summed E-state index contributed by atoms with van der Waals surface area (Å²) < 4.78 is 0. The Morgan fingerprint density at radius 1 is 1.44 bits per heavy atom. The van der Waals surface area contributed by atoms with Crippen LogP contribution in [0.5, 0.6) is 0 Å². The summed E-state index contributed by atoms with van der Waals surface area (Å²) in [6.45, 7) is 4.62. The lowest BCUT2D eigenvalue weighted by molar-refractivity contribution is -0.384. The molecule has 0 amide bonds. The first kappa shape index (κ1) is 12.6. The van der Waals surface area contributed by atoms with E-state index in [1.165, 1.54) is 6.07 Å². The molecular weight excluding hydrogens is 232 g/mol. The van der Waals surface area contributed by atoms with Crippen LogP contribution in [0, 0.1) is 10.1 Å². The maximum Gasteiger partial charge on any atom is 0.294 e. The molecule has 1 fully saturated rings. The van der Waals surface area contributed by atoms with Crippen LogP contribution in [0.15, 0.2) is 18.2 Å². The molecule has 0 spiro atoms. The predicted molar refractivity (Wildman–Crippen MR) is 71.8 cm³/mol. The van der Waals surface area contributed by atoms with Gasteiger partial charge in [-0.1, -0.05) is 0 Å². The van der Waals surface area contributed by atoms with E-state index in [0.717, 1.165) is 19.6 Å². The zero-order valence-corrected chi connectivity index (χ0v) is 10.7. The quantitative estimate of drug-likeness (QED) is 0.486. The fraction of sp³-hybridized carbons (Fsp3) is 0.500. The molecular formula is C12H18N4O2. The Morgan fingerprint density at radius 3 is 2.78 bits per heavy atom. The Hall–Kier alpha value is -1.82. The van der Waals surface area contributed by atoms with Gasteiger partial charge in [-0.25, -0.2) is 0 Å². The monoisotopic (exact) mass is 250 g/mol. The van der Waals surface area contributed by atoms with E-state index < -0.39 is 0 Å². The molecule has 2 N–H and O–H groups in total. The number of nitro benzene ring substituents is 1. The molecule has 6 nitrogen and oxygen atoms in total. The van der Waals surface area contributed by atoms with Crippen molar-refractivity contribution in [1.29, 1.82) is 0 Å². The average Bonchev–Trinajstić information content (AvgIpc) is 2.32. The van der Waals surface area contributed by atoms with E-state index in [1.807, 2.05) is 0 Å². The summed E-state index contributed by atoms with van der Waals surface area (Å²) in [6.07, 6.45) is 0. The zero-order chi connectivity index (χ0) is 13.3. The van der Waals surface area contributed by atoms with Crippen molar-refractivity contribution in [2.75, 3.05) is 37.3 Å². The molecule has 0 radical (unpaired) electrons. The molecule has 1 atom stereocenters. The first-order valence-corrected chi connectivity index (χ1v) is 5.98. The number of hydrogen-bond acceptors (Lipinski definition) is 5. The first-order valence-electron chi connectivity index (χ1n) is 5.98. The van der Waals surface area contributed by atoms with Crippen LogP contribution in [0.1, 0.15) is 6.92 Å². The van der Waals surface area contributed by atoms with Crippen LogP contribution in [0.25, 0.3) is 0 Å². The molecule has 0 unspecified atom stereocenters. The molecule has 0 aromatic heterocycles. The molecule has 18 heavy (non-hydrogen) atoms. The Balaban J connectivity index is 2.30. The zero-order valence-electron chi connectivity index (χ0n) is 10.7. The van der Waals surface area contributed by atoms with Gasteiger partial charge in [0.1, 0.15) is 5.69 Å². The second kappa shape index (κ2) is 4.81. The van der Waals surface area contributed by atoms with Crippen molar-refractivity contribution in [3.8, 4) is 0 Å². The third kappa shape index (κ3) is 2.38.